The summed E-state index contributed by atoms with van der Waals surface area (Å²) in [7, 11) is 0. The molecule has 6 heteroatoms. The van der Waals surface area contributed by atoms with Crippen LogP contribution < -0.4 is 0 Å². The molecule has 6 nitrogen and oxygen atoms in total. The molecular formula is C21H39NO5. The highest BCUT2D eigenvalue weighted by atomic mass is 16.7. The van der Waals surface area contributed by atoms with Crippen molar-refractivity contribution < 1.29 is 24.3 Å². The number of rotatable bonds is 12. The number of carbonyl (C=O) groups is 2. The lowest BCUT2D eigenvalue weighted by molar-refractivity contribution is -0.293. The van der Waals surface area contributed by atoms with Gasteiger partial charge in [0.25, 0.3) is 0 Å². The topological polar surface area (TPSA) is 76.1 Å². The highest BCUT2D eigenvalue weighted by Crippen LogP contribution is 2.40. The molecule has 0 aromatic carbocycles. The lowest BCUT2D eigenvalue weighted by Gasteiger charge is -2.53. The highest BCUT2D eigenvalue weighted by Gasteiger charge is 2.47. The number of hydroxylamine groups is 2. The molecule has 0 spiro atoms. The van der Waals surface area contributed by atoms with Crippen LogP contribution >= 0.6 is 0 Å². The molecule has 1 aliphatic rings. The van der Waals surface area contributed by atoms with Gasteiger partial charge in [-0.05, 0) is 47.0 Å². The molecule has 0 bridgehead atoms. The van der Waals surface area contributed by atoms with E-state index in [1.54, 1.807) is 0 Å². The van der Waals surface area contributed by atoms with E-state index < -0.39 is 5.97 Å². The van der Waals surface area contributed by atoms with Gasteiger partial charge in [0.15, 0.2) is 0 Å². The van der Waals surface area contributed by atoms with Gasteiger partial charge in [-0.3, -0.25) is 14.4 Å². The molecule has 1 rings (SSSR count). The molecule has 1 heterocycles. The zero-order valence-electron chi connectivity index (χ0n) is 17.9. The van der Waals surface area contributed by atoms with Crippen molar-refractivity contribution in [2.24, 2.45) is 0 Å². The third kappa shape index (κ3) is 8.60. The van der Waals surface area contributed by atoms with Crippen molar-refractivity contribution in [1.29, 1.82) is 0 Å². The van der Waals surface area contributed by atoms with E-state index >= 15 is 0 Å². The lowest BCUT2D eigenvalue weighted by atomic mass is 9.80. The standard InChI is InChI=1S/C21H39NO5/c1-6-7-8-11-14-26-22-20(2,3)15-17(16-21(22,4)5)27-19(25)13-10-9-12-18(23)24/h17H,6-16H2,1-5H3,(H,23,24). The van der Waals surface area contributed by atoms with Gasteiger partial charge < -0.3 is 9.84 Å². The molecule has 0 aromatic heterocycles. The molecule has 1 N–H and O–H groups in total. The van der Waals surface area contributed by atoms with Crippen molar-refractivity contribution in [3.63, 3.8) is 0 Å². The minimum atomic E-state index is -0.825. The second kappa shape index (κ2) is 11.0. The molecular weight excluding hydrogens is 346 g/mol. The molecule has 1 aliphatic heterocycles. The van der Waals surface area contributed by atoms with Crippen molar-refractivity contribution >= 4 is 11.9 Å². The number of ether oxygens (including phenoxy) is 1. The SMILES string of the molecule is CCCCCCON1C(C)(C)CC(OC(=O)CCCCC(=O)O)CC1(C)C. The number of nitrogens with zero attached hydrogens (tertiary/aromatic N) is 1. The van der Waals surface area contributed by atoms with Crippen LogP contribution in [0.4, 0.5) is 0 Å². The minimum Gasteiger partial charge on any atom is -0.481 e. The van der Waals surface area contributed by atoms with Crippen LogP contribution in [0.1, 0.15) is 98.8 Å². The normalized spacial score (nSPS) is 19.7. The second-order valence-electron chi connectivity index (χ2n) is 8.93. The first-order chi connectivity index (χ1) is 12.6. The van der Waals surface area contributed by atoms with E-state index in [9.17, 15) is 9.59 Å². The van der Waals surface area contributed by atoms with Crippen molar-refractivity contribution in [2.45, 2.75) is 116 Å². The Morgan fingerprint density at radius 3 is 2.11 bits per heavy atom. The van der Waals surface area contributed by atoms with E-state index in [1.807, 2.05) is 0 Å². The van der Waals surface area contributed by atoms with Crippen molar-refractivity contribution in [3.05, 3.63) is 0 Å². The maximum Gasteiger partial charge on any atom is 0.306 e. The number of aliphatic carboxylic acids is 1. The molecule has 0 unspecified atom stereocenters. The number of esters is 1. The summed E-state index contributed by atoms with van der Waals surface area (Å²) < 4.78 is 5.71. The molecule has 1 saturated heterocycles. The highest BCUT2D eigenvalue weighted by molar-refractivity contribution is 5.70. The van der Waals surface area contributed by atoms with Crippen LogP contribution in [0.25, 0.3) is 0 Å². The molecule has 1 fully saturated rings. The van der Waals surface area contributed by atoms with Gasteiger partial charge in [-0.1, -0.05) is 26.2 Å². The summed E-state index contributed by atoms with van der Waals surface area (Å²) in [4.78, 5) is 28.8. The average Bonchev–Trinajstić information content (AvgIpc) is 2.52. The Morgan fingerprint density at radius 2 is 1.56 bits per heavy atom. The number of unbranched alkanes of at least 4 members (excludes halogenated alkanes) is 4. The Kier molecular flexibility index (Phi) is 9.74. The largest absolute Gasteiger partial charge is 0.481 e. The Hall–Kier alpha value is -1.14. The number of carboxylic acid groups (broad SMARTS) is 1. The predicted octanol–water partition coefficient (Wildman–Crippen LogP) is 4.71. The first-order valence-electron chi connectivity index (χ1n) is 10.4. The lowest BCUT2D eigenvalue weighted by Crippen LogP contribution is -2.62. The van der Waals surface area contributed by atoms with Crippen LogP contribution in [-0.4, -0.2) is 45.9 Å². The van der Waals surface area contributed by atoms with Gasteiger partial charge in [0, 0.05) is 36.8 Å². The van der Waals surface area contributed by atoms with Crippen molar-refractivity contribution in [2.75, 3.05) is 6.61 Å². The molecule has 27 heavy (non-hydrogen) atoms. The summed E-state index contributed by atoms with van der Waals surface area (Å²) in [6.45, 7) is 11.5. The number of hydrogen-bond donors (Lipinski definition) is 1. The van der Waals surface area contributed by atoms with E-state index in [4.69, 9.17) is 14.7 Å². The van der Waals surface area contributed by atoms with Crippen LogP contribution in [0, 0.1) is 0 Å². The monoisotopic (exact) mass is 385 g/mol. The van der Waals surface area contributed by atoms with E-state index in [-0.39, 0.29) is 36.0 Å². The van der Waals surface area contributed by atoms with Gasteiger partial charge in [0.1, 0.15) is 6.10 Å². The first-order valence-corrected chi connectivity index (χ1v) is 10.4. The van der Waals surface area contributed by atoms with Crippen LogP contribution in [0.2, 0.25) is 0 Å². The minimum absolute atomic E-state index is 0.0985. The van der Waals surface area contributed by atoms with Gasteiger partial charge >= 0.3 is 11.9 Å². The summed E-state index contributed by atoms with van der Waals surface area (Å²) in [5.41, 5.74) is -0.443. The summed E-state index contributed by atoms with van der Waals surface area (Å²) in [6, 6.07) is 0. The van der Waals surface area contributed by atoms with Crippen molar-refractivity contribution in [3.8, 4) is 0 Å². The van der Waals surface area contributed by atoms with Crippen molar-refractivity contribution in [1.82, 2.24) is 5.06 Å². The molecule has 0 saturated carbocycles. The summed E-state index contributed by atoms with van der Waals surface area (Å²) in [6.07, 6.45) is 7.45. The van der Waals surface area contributed by atoms with E-state index in [2.05, 4.69) is 39.7 Å². The zero-order chi connectivity index (χ0) is 20.5. The summed E-state index contributed by atoms with van der Waals surface area (Å²) in [5.74, 6) is -1.06. The quantitative estimate of drug-likeness (QED) is 0.387. The Bertz CT molecular complexity index is 457. The van der Waals surface area contributed by atoms with Crippen LogP contribution in [-0.2, 0) is 19.2 Å². The molecule has 158 valence electrons. The first kappa shape index (κ1) is 23.9. The Labute approximate surface area is 164 Å². The van der Waals surface area contributed by atoms with Crippen LogP contribution in [0.5, 0.6) is 0 Å². The molecule has 0 atom stereocenters. The van der Waals surface area contributed by atoms with Gasteiger partial charge in [-0.25, -0.2) is 0 Å². The molecule has 0 aromatic rings. The van der Waals surface area contributed by atoms with Gasteiger partial charge in [0.2, 0.25) is 0 Å². The Balaban J connectivity index is 2.49. The second-order valence-corrected chi connectivity index (χ2v) is 8.93. The molecule has 0 radical (unpaired) electrons. The van der Waals surface area contributed by atoms with Gasteiger partial charge in [-0.15, -0.1) is 0 Å². The summed E-state index contributed by atoms with van der Waals surface area (Å²) in [5, 5.41) is 10.8. The summed E-state index contributed by atoms with van der Waals surface area (Å²) >= 11 is 0. The maximum atomic E-state index is 12.1. The third-order valence-electron chi connectivity index (χ3n) is 5.09. The Morgan fingerprint density at radius 1 is 0.963 bits per heavy atom. The number of hydrogen-bond acceptors (Lipinski definition) is 5. The fraction of sp³-hybridized carbons (Fsp3) is 0.905. The fourth-order valence-electron chi connectivity index (χ4n) is 4.08. The maximum absolute atomic E-state index is 12.1. The fourth-order valence-corrected chi connectivity index (χ4v) is 4.08. The van der Waals surface area contributed by atoms with Crippen LogP contribution in [0.15, 0.2) is 0 Å². The number of piperidine rings is 1. The third-order valence-corrected chi connectivity index (χ3v) is 5.09. The van der Waals surface area contributed by atoms with E-state index in [1.165, 1.54) is 19.3 Å². The molecule has 0 aliphatic carbocycles. The average molecular weight is 386 g/mol. The number of carboxylic acids is 1. The predicted molar refractivity (Wildman–Crippen MR) is 105 cm³/mol. The molecule has 0 amide bonds. The number of carbonyl (C=O) groups excluding carboxylic acids is 1. The van der Waals surface area contributed by atoms with Crippen LogP contribution in [0.3, 0.4) is 0 Å². The van der Waals surface area contributed by atoms with E-state index in [0.29, 0.717) is 12.8 Å². The van der Waals surface area contributed by atoms with E-state index in [0.717, 1.165) is 25.9 Å². The van der Waals surface area contributed by atoms with Gasteiger partial charge in [-0.2, -0.15) is 5.06 Å². The van der Waals surface area contributed by atoms with Gasteiger partial charge in [0.05, 0.1) is 6.61 Å². The smallest absolute Gasteiger partial charge is 0.306 e. The zero-order valence-corrected chi connectivity index (χ0v) is 17.9.